The van der Waals surface area contributed by atoms with Gasteiger partial charge in [0.2, 0.25) is 0 Å². The highest BCUT2D eigenvalue weighted by molar-refractivity contribution is 5.67. The second-order valence-electron chi connectivity index (χ2n) is 5.88. The number of carboxylic acid groups (broad SMARTS) is 1. The van der Waals surface area contributed by atoms with Crippen LogP contribution in [0.2, 0.25) is 0 Å². The number of aromatic nitrogens is 1. The monoisotopic (exact) mass is 323 g/mol. The van der Waals surface area contributed by atoms with Crippen LogP contribution in [0.15, 0.2) is 41.2 Å². The molecule has 1 saturated heterocycles. The number of likely N-dealkylation sites (tertiary alicyclic amines) is 1. The van der Waals surface area contributed by atoms with Crippen LogP contribution in [0.25, 0.3) is 11.3 Å². The molecule has 2 aromatic rings. The average Bonchev–Trinajstić information content (AvgIpc) is 2.62. The van der Waals surface area contributed by atoms with Gasteiger partial charge in [-0.15, -0.1) is 0 Å². The van der Waals surface area contributed by atoms with Crippen molar-refractivity contribution in [2.24, 2.45) is 0 Å². The summed E-state index contributed by atoms with van der Waals surface area (Å²) in [6, 6.07) is 12.6. The van der Waals surface area contributed by atoms with Gasteiger partial charge < -0.3 is 15.0 Å². The lowest BCUT2D eigenvalue weighted by Crippen LogP contribution is -2.38. The van der Waals surface area contributed by atoms with E-state index in [1.807, 2.05) is 36.4 Å². The maximum atomic E-state index is 12.4. The number of H-pyrrole nitrogens is 1. The molecule has 1 unspecified atom stereocenters. The van der Waals surface area contributed by atoms with E-state index in [4.69, 9.17) is 0 Å². The Morgan fingerprint density at radius 1 is 1.33 bits per heavy atom. The van der Waals surface area contributed by atoms with Crippen molar-refractivity contribution in [1.82, 2.24) is 9.88 Å². The highest BCUT2D eigenvalue weighted by Crippen LogP contribution is 2.27. The van der Waals surface area contributed by atoms with Gasteiger partial charge in [-0.2, -0.15) is 5.26 Å². The lowest BCUT2D eigenvalue weighted by Gasteiger charge is -2.31. The number of aromatic amines is 1. The molecule has 122 valence electrons. The van der Waals surface area contributed by atoms with Crippen LogP contribution in [-0.2, 0) is 0 Å². The summed E-state index contributed by atoms with van der Waals surface area (Å²) >= 11 is 0. The summed E-state index contributed by atoms with van der Waals surface area (Å²) < 4.78 is 0. The van der Waals surface area contributed by atoms with Crippen molar-refractivity contribution >= 4 is 6.09 Å². The number of amides is 1. The third-order valence-electron chi connectivity index (χ3n) is 4.36. The molecule has 0 radical (unpaired) electrons. The van der Waals surface area contributed by atoms with E-state index < -0.39 is 6.09 Å². The Labute approximate surface area is 139 Å². The molecule has 3 rings (SSSR count). The summed E-state index contributed by atoms with van der Waals surface area (Å²) in [5.74, 6) is -0.0715. The smallest absolute Gasteiger partial charge is 0.407 e. The summed E-state index contributed by atoms with van der Waals surface area (Å²) in [6.07, 6.45) is 0.610. The van der Waals surface area contributed by atoms with E-state index in [1.165, 1.54) is 11.0 Å². The molecule has 2 N–H and O–H groups in total. The number of hydrogen-bond donors (Lipinski definition) is 2. The number of nitrogens with one attached hydrogen (secondary N) is 1. The van der Waals surface area contributed by atoms with Crippen LogP contribution in [0.4, 0.5) is 4.79 Å². The van der Waals surface area contributed by atoms with Gasteiger partial charge in [0.15, 0.2) is 5.43 Å². The Kier molecular flexibility index (Phi) is 4.34. The average molecular weight is 323 g/mol. The molecular weight excluding hydrogens is 306 g/mol. The quantitative estimate of drug-likeness (QED) is 0.888. The maximum Gasteiger partial charge on any atom is 0.407 e. The van der Waals surface area contributed by atoms with Crippen LogP contribution in [0.3, 0.4) is 0 Å². The number of pyridine rings is 1. The minimum Gasteiger partial charge on any atom is -0.465 e. The van der Waals surface area contributed by atoms with Gasteiger partial charge in [-0.3, -0.25) is 4.79 Å². The molecule has 1 aliphatic rings. The van der Waals surface area contributed by atoms with Crippen molar-refractivity contribution in [3.05, 3.63) is 57.9 Å². The molecule has 1 aromatic heterocycles. The molecule has 0 aliphatic carbocycles. The summed E-state index contributed by atoms with van der Waals surface area (Å²) in [4.78, 5) is 28.1. The van der Waals surface area contributed by atoms with Crippen LogP contribution in [-0.4, -0.2) is 34.2 Å². The number of carbonyl (C=O) groups is 1. The van der Waals surface area contributed by atoms with Crippen molar-refractivity contribution < 1.29 is 9.90 Å². The molecule has 2 heterocycles. The van der Waals surface area contributed by atoms with Crippen LogP contribution in [0.1, 0.15) is 30.0 Å². The number of nitriles is 1. The highest BCUT2D eigenvalue weighted by Gasteiger charge is 2.26. The predicted molar refractivity (Wildman–Crippen MR) is 88.8 cm³/mol. The van der Waals surface area contributed by atoms with Crippen LogP contribution < -0.4 is 5.43 Å². The lowest BCUT2D eigenvalue weighted by molar-refractivity contribution is 0.130. The van der Waals surface area contributed by atoms with Crippen molar-refractivity contribution in [3.63, 3.8) is 0 Å². The Morgan fingerprint density at radius 3 is 2.75 bits per heavy atom. The SMILES string of the molecule is N#Cc1c(-c2ccccc2)[nH]c(C2CCCN(C(=O)O)C2)cc1=O. The van der Waals surface area contributed by atoms with E-state index in [0.29, 0.717) is 24.5 Å². The van der Waals surface area contributed by atoms with Gasteiger partial charge in [-0.05, 0) is 18.4 Å². The first-order chi connectivity index (χ1) is 11.6. The number of benzene rings is 1. The van der Waals surface area contributed by atoms with E-state index in [0.717, 1.165) is 18.4 Å². The first-order valence-corrected chi connectivity index (χ1v) is 7.80. The number of piperidine rings is 1. The van der Waals surface area contributed by atoms with Gasteiger partial charge in [0.05, 0.1) is 5.69 Å². The molecule has 1 fully saturated rings. The Hall–Kier alpha value is -3.07. The molecule has 0 bridgehead atoms. The van der Waals surface area contributed by atoms with E-state index in [2.05, 4.69) is 4.98 Å². The van der Waals surface area contributed by atoms with Gasteiger partial charge in [0, 0.05) is 30.8 Å². The van der Waals surface area contributed by atoms with Crippen molar-refractivity contribution in [2.75, 3.05) is 13.1 Å². The van der Waals surface area contributed by atoms with Gasteiger partial charge in [-0.25, -0.2) is 4.79 Å². The maximum absolute atomic E-state index is 12.4. The van der Waals surface area contributed by atoms with E-state index in [-0.39, 0.29) is 16.9 Å². The second kappa shape index (κ2) is 6.59. The van der Waals surface area contributed by atoms with Crippen LogP contribution in [0.5, 0.6) is 0 Å². The summed E-state index contributed by atoms with van der Waals surface area (Å²) in [7, 11) is 0. The van der Waals surface area contributed by atoms with Crippen molar-refractivity contribution in [3.8, 4) is 17.3 Å². The summed E-state index contributed by atoms with van der Waals surface area (Å²) in [6.45, 7) is 0.864. The third kappa shape index (κ3) is 3.01. The summed E-state index contributed by atoms with van der Waals surface area (Å²) in [5.41, 5.74) is 1.68. The molecule has 24 heavy (non-hydrogen) atoms. The van der Waals surface area contributed by atoms with Crippen LogP contribution in [0, 0.1) is 11.3 Å². The third-order valence-corrected chi connectivity index (χ3v) is 4.36. The van der Waals surface area contributed by atoms with Crippen molar-refractivity contribution in [1.29, 1.82) is 5.26 Å². The second-order valence-corrected chi connectivity index (χ2v) is 5.88. The van der Waals surface area contributed by atoms with Crippen LogP contribution >= 0.6 is 0 Å². The van der Waals surface area contributed by atoms with E-state index in [9.17, 15) is 20.0 Å². The minimum absolute atomic E-state index is 0.0715. The lowest BCUT2D eigenvalue weighted by atomic mass is 9.93. The largest absolute Gasteiger partial charge is 0.465 e. The molecule has 1 atom stereocenters. The molecule has 1 aliphatic heterocycles. The van der Waals surface area contributed by atoms with Gasteiger partial charge in [0.25, 0.3) is 0 Å². The fourth-order valence-electron chi connectivity index (χ4n) is 3.14. The molecule has 0 spiro atoms. The summed E-state index contributed by atoms with van der Waals surface area (Å²) in [5, 5.41) is 18.5. The van der Waals surface area contributed by atoms with Gasteiger partial charge in [0.1, 0.15) is 11.6 Å². The molecule has 6 nitrogen and oxygen atoms in total. The molecule has 6 heteroatoms. The van der Waals surface area contributed by atoms with Crippen molar-refractivity contribution in [2.45, 2.75) is 18.8 Å². The normalized spacial score (nSPS) is 17.3. The van der Waals surface area contributed by atoms with E-state index >= 15 is 0 Å². The Morgan fingerprint density at radius 2 is 2.08 bits per heavy atom. The highest BCUT2D eigenvalue weighted by atomic mass is 16.4. The van der Waals surface area contributed by atoms with E-state index in [1.54, 1.807) is 0 Å². The van der Waals surface area contributed by atoms with Gasteiger partial charge in [-0.1, -0.05) is 30.3 Å². The molecule has 0 saturated carbocycles. The number of hydrogen-bond acceptors (Lipinski definition) is 3. The molecular formula is C18H17N3O3. The van der Waals surface area contributed by atoms with Gasteiger partial charge >= 0.3 is 6.09 Å². The molecule has 1 aromatic carbocycles. The first-order valence-electron chi connectivity index (χ1n) is 7.80. The Bertz CT molecular complexity index is 852. The zero-order valence-electron chi connectivity index (χ0n) is 13.0. The minimum atomic E-state index is -0.945. The number of nitrogens with zero attached hydrogens (tertiary/aromatic N) is 2. The zero-order valence-corrected chi connectivity index (χ0v) is 13.0. The fraction of sp³-hybridized carbons (Fsp3) is 0.278. The number of rotatable bonds is 2. The Balaban J connectivity index is 2.04. The fourth-order valence-corrected chi connectivity index (χ4v) is 3.14. The molecule has 1 amide bonds. The standard InChI is InChI=1S/C18H17N3O3/c19-10-14-16(22)9-15(13-7-4-8-21(11-13)18(23)24)20-17(14)12-5-2-1-3-6-12/h1-3,5-6,9,13H,4,7-8,11H2,(H,20,22)(H,23,24). The predicted octanol–water partition coefficient (Wildman–Crippen LogP) is 2.77. The first kappa shape index (κ1) is 15.8. The zero-order chi connectivity index (χ0) is 17.1. The topological polar surface area (TPSA) is 97.2 Å².